The molecule has 9 heteroatoms. The van der Waals surface area contributed by atoms with Gasteiger partial charge in [-0.25, -0.2) is 12.8 Å². The van der Waals surface area contributed by atoms with Crippen LogP contribution in [0, 0.1) is 17.7 Å². The summed E-state index contributed by atoms with van der Waals surface area (Å²) >= 11 is 0. The van der Waals surface area contributed by atoms with Gasteiger partial charge < -0.3 is 10.2 Å². The van der Waals surface area contributed by atoms with Gasteiger partial charge in [0.15, 0.2) is 0 Å². The zero-order valence-corrected chi connectivity index (χ0v) is 19.0. The number of hydrogen-bond acceptors (Lipinski definition) is 4. The summed E-state index contributed by atoms with van der Waals surface area (Å²) in [6.45, 7) is 5.90. The molecule has 2 aliphatic rings. The third kappa shape index (κ3) is 6.04. The molecule has 0 aromatic heterocycles. The molecule has 1 aromatic rings. The molecular weight excluding hydrogens is 421 g/mol. The fraction of sp³-hybridized carbons (Fsp3) is 0.636. The predicted octanol–water partition coefficient (Wildman–Crippen LogP) is 2.38. The van der Waals surface area contributed by atoms with E-state index in [1.807, 2.05) is 18.7 Å². The van der Waals surface area contributed by atoms with Gasteiger partial charge in [0.05, 0.1) is 4.90 Å². The molecule has 0 bridgehead atoms. The van der Waals surface area contributed by atoms with Crippen molar-refractivity contribution in [2.45, 2.75) is 56.9 Å². The summed E-state index contributed by atoms with van der Waals surface area (Å²) in [7, 11) is -3.68. The van der Waals surface area contributed by atoms with Crippen LogP contribution in [-0.4, -0.2) is 61.7 Å². The highest BCUT2D eigenvalue weighted by molar-refractivity contribution is 7.89. The van der Waals surface area contributed by atoms with Gasteiger partial charge in [-0.3, -0.25) is 9.59 Å². The molecule has 2 saturated heterocycles. The average Bonchev–Trinajstić information content (AvgIpc) is 2.74. The Bertz CT molecular complexity index is 873. The maximum Gasteiger partial charge on any atom is 0.243 e. The van der Waals surface area contributed by atoms with Crippen molar-refractivity contribution >= 4 is 21.8 Å². The first kappa shape index (κ1) is 23.7. The minimum atomic E-state index is -3.68. The molecule has 0 spiro atoms. The van der Waals surface area contributed by atoms with Crippen LogP contribution in [0.1, 0.15) is 46.0 Å². The Kier molecular flexibility index (Phi) is 7.69. The summed E-state index contributed by atoms with van der Waals surface area (Å²) in [6, 6.07) is 4.85. The van der Waals surface area contributed by atoms with Crippen LogP contribution in [0.15, 0.2) is 29.2 Å². The van der Waals surface area contributed by atoms with E-state index in [0.717, 1.165) is 25.0 Å². The number of benzene rings is 1. The van der Waals surface area contributed by atoms with Crippen molar-refractivity contribution in [1.29, 1.82) is 0 Å². The summed E-state index contributed by atoms with van der Waals surface area (Å²) in [5.74, 6) is -0.229. The molecule has 2 aliphatic heterocycles. The van der Waals surface area contributed by atoms with Crippen molar-refractivity contribution in [3.05, 3.63) is 30.1 Å². The van der Waals surface area contributed by atoms with Crippen molar-refractivity contribution in [3.63, 3.8) is 0 Å². The number of nitrogens with zero attached hydrogens (tertiary/aromatic N) is 2. The Morgan fingerprint density at radius 1 is 1.03 bits per heavy atom. The van der Waals surface area contributed by atoms with E-state index < -0.39 is 15.8 Å². The Morgan fingerprint density at radius 3 is 2.16 bits per heavy atom. The SMILES string of the molecule is CC(C)CC(=O)N1CCC(NC(=O)C2CCN(S(=O)(=O)c3ccc(F)cc3)CC2)CC1. The summed E-state index contributed by atoms with van der Waals surface area (Å²) in [4.78, 5) is 26.8. The molecule has 2 amide bonds. The van der Waals surface area contributed by atoms with Crippen LogP contribution < -0.4 is 5.32 Å². The van der Waals surface area contributed by atoms with Crippen LogP contribution in [0.4, 0.5) is 4.39 Å². The Morgan fingerprint density at radius 2 is 1.61 bits per heavy atom. The number of nitrogens with one attached hydrogen (secondary N) is 1. The monoisotopic (exact) mass is 453 g/mol. The number of carbonyl (C=O) groups is 2. The number of piperidine rings is 2. The minimum Gasteiger partial charge on any atom is -0.353 e. The van der Waals surface area contributed by atoms with E-state index in [9.17, 15) is 22.4 Å². The smallest absolute Gasteiger partial charge is 0.243 e. The number of halogens is 1. The molecule has 31 heavy (non-hydrogen) atoms. The lowest BCUT2D eigenvalue weighted by Crippen LogP contribution is -2.49. The Balaban J connectivity index is 1.45. The van der Waals surface area contributed by atoms with Gasteiger partial charge in [-0.2, -0.15) is 4.31 Å². The highest BCUT2D eigenvalue weighted by Crippen LogP contribution is 2.25. The number of amides is 2. The van der Waals surface area contributed by atoms with E-state index in [0.29, 0.717) is 38.3 Å². The first-order valence-electron chi connectivity index (χ1n) is 11.0. The second kappa shape index (κ2) is 10.1. The quantitative estimate of drug-likeness (QED) is 0.717. The lowest BCUT2D eigenvalue weighted by molar-refractivity contribution is -0.133. The van der Waals surface area contributed by atoms with Crippen LogP contribution in [0.3, 0.4) is 0 Å². The van der Waals surface area contributed by atoms with Crippen molar-refractivity contribution < 1.29 is 22.4 Å². The predicted molar refractivity (Wildman–Crippen MR) is 115 cm³/mol. The van der Waals surface area contributed by atoms with E-state index in [1.165, 1.54) is 16.4 Å². The maximum atomic E-state index is 13.1. The van der Waals surface area contributed by atoms with E-state index in [2.05, 4.69) is 5.32 Å². The van der Waals surface area contributed by atoms with Crippen LogP contribution >= 0.6 is 0 Å². The standard InChI is InChI=1S/C22H32FN3O4S/c1-16(2)15-21(27)25-11-9-19(10-12-25)24-22(28)17-7-13-26(14-8-17)31(29,30)20-5-3-18(23)4-6-20/h3-6,16-17,19H,7-15H2,1-2H3,(H,24,28). The number of likely N-dealkylation sites (tertiary alicyclic amines) is 1. The molecule has 1 aromatic carbocycles. The molecule has 0 aliphatic carbocycles. The number of hydrogen-bond donors (Lipinski definition) is 1. The summed E-state index contributed by atoms with van der Waals surface area (Å²) in [5.41, 5.74) is 0. The molecule has 0 radical (unpaired) electrons. The number of rotatable bonds is 6. The van der Waals surface area contributed by atoms with Crippen LogP contribution in [-0.2, 0) is 19.6 Å². The van der Waals surface area contributed by atoms with Gasteiger partial charge in [-0.1, -0.05) is 13.8 Å². The van der Waals surface area contributed by atoms with Crippen molar-refractivity contribution in [2.24, 2.45) is 11.8 Å². The van der Waals surface area contributed by atoms with Crippen molar-refractivity contribution in [1.82, 2.24) is 14.5 Å². The van der Waals surface area contributed by atoms with Gasteiger partial charge >= 0.3 is 0 Å². The third-order valence-electron chi connectivity index (χ3n) is 6.05. The highest BCUT2D eigenvalue weighted by atomic mass is 32.2. The van der Waals surface area contributed by atoms with E-state index in [1.54, 1.807) is 0 Å². The highest BCUT2D eigenvalue weighted by Gasteiger charge is 2.33. The largest absolute Gasteiger partial charge is 0.353 e. The Hall–Kier alpha value is -2.00. The van der Waals surface area contributed by atoms with Crippen molar-refractivity contribution in [2.75, 3.05) is 26.2 Å². The molecule has 2 heterocycles. The molecule has 0 unspecified atom stereocenters. The third-order valence-corrected chi connectivity index (χ3v) is 7.97. The van der Waals surface area contributed by atoms with Gasteiger partial charge in [0.2, 0.25) is 21.8 Å². The van der Waals surface area contributed by atoms with E-state index in [-0.39, 0.29) is 41.8 Å². The first-order valence-corrected chi connectivity index (χ1v) is 12.4. The van der Waals surface area contributed by atoms with Gasteiger partial charge in [0, 0.05) is 44.6 Å². The Labute approximate surface area is 184 Å². The summed E-state index contributed by atoms with van der Waals surface area (Å²) < 4.78 is 39.9. The molecule has 7 nitrogen and oxygen atoms in total. The summed E-state index contributed by atoms with van der Waals surface area (Å²) in [6.07, 6.45) is 2.95. The maximum absolute atomic E-state index is 13.1. The second-order valence-corrected chi connectivity index (χ2v) is 10.8. The van der Waals surface area contributed by atoms with Gasteiger partial charge in [-0.05, 0) is 55.9 Å². The molecule has 1 N–H and O–H groups in total. The van der Waals surface area contributed by atoms with Crippen molar-refractivity contribution in [3.8, 4) is 0 Å². The average molecular weight is 454 g/mol. The number of sulfonamides is 1. The topological polar surface area (TPSA) is 86.8 Å². The molecular formula is C22H32FN3O4S. The number of carbonyl (C=O) groups excluding carboxylic acids is 2. The van der Waals surface area contributed by atoms with Gasteiger partial charge in [0.25, 0.3) is 0 Å². The zero-order chi connectivity index (χ0) is 22.6. The normalized spacial score (nSPS) is 19.5. The molecule has 3 rings (SSSR count). The minimum absolute atomic E-state index is 0.0363. The zero-order valence-electron chi connectivity index (χ0n) is 18.2. The molecule has 2 fully saturated rings. The van der Waals surface area contributed by atoms with Crippen LogP contribution in [0.25, 0.3) is 0 Å². The van der Waals surface area contributed by atoms with Crippen LogP contribution in [0.5, 0.6) is 0 Å². The lowest BCUT2D eigenvalue weighted by atomic mass is 9.95. The van der Waals surface area contributed by atoms with Gasteiger partial charge in [-0.15, -0.1) is 0 Å². The molecule has 0 atom stereocenters. The molecule has 172 valence electrons. The van der Waals surface area contributed by atoms with E-state index >= 15 is 0 Å². The lowest BCUT2D eigenvalue weighted by Gasteiger charge is -2.35. The first-order chi connectivity index (χ1) is 14.7. The second-order valence-electron chi connectivity index (χ2n) is 8.89. The van der Waals surface area contributed by atoms with Crippen LogP contribution in [0.2, 0.25) is 0 Å². The summed E-state index contributed by atoms with van der Waals surface area (Å²) in [5, 5.41) is 3.09. The fourth-order valence-electron chi connectivity index (χ4n) is 4.18. The van der Waals surface area contributed by atoms with Gasteiger partial charge in [0.1, 0.15) is 5.82 Å². The fourth-order valence-corrected chi connectivity index (χ4v) is 5.65. The van der Waals surface area contributed by atoms with E-state index in [4.69, 9.17) is 0 Å². The molecule has 0 saturated carbocycles.